The zero-order chi connectivity index (χ0) is 38.7. The average Bonchev–Trinajstić information content (AvgIpc) is 3.68. The van der Waals surface area contributed by atoms with Crippen LogP contribution in [0.25, 0.3) is 22.5 Å². The summed E-state index contributed by atoms with van der Waals surface area (Å²) in [4.78, 5) is 45.9. The number of aromatic amines is 1. The molecular weight excluding hydrogens is 693 g/mol. The number of anilines is 1. The SMILES string of the molecule is CN(C)CCCOc1ccc(-c2ccc(C[C@H](NC(=O)C3CCC(CNC(=O)OC(C)(C)C)CC3)C(=O)Nc3ccc(-c4nn[nH]n4)cc3)cc2F)cn1. The van der Waals surface area contributed by atoms with E-state index in [0.717, 1.165) is 25.8 Å². The Kier molecular flexibility index (Phi) is 13.7. The summed E-state index contributed by atoms with van der Waals surface area (Å²) in [6, 6.07) is 14.2. The number of amides is 3. The van der Waals surface area contributed by atoms with Crippen LogP contribution in [-0.2, 0) is 20.7 Å². The van der Waals surface area contributed by atoms with Crippen LogP contribution in [0.4, 0.5) is 14.9 Å². The van der Waals surface area contributed by atoms with Crippen molar-refractivity contribution in [2.75, 3.05) is 39.1 Å². The summed E-state index contributed by atoms with van der Waals surface area (Å²) in [7, 11) is 4.00. The van der Waals surface area contributed by atoms with E-state index in [1.165, 1.54) is 6.07 Å². The molecule has 14 nitrogen and oxygen atoms in total. The highest BCUT2D eigenvalue weighted by Crippen LogP contribution is 2.30. The van der Waals surface area contributed by atoms with Crippen LogP contribution in [0, 0.1) is 17.7 Å². The van der Waals surface area contributed by atoms with Crippen LogP contribution in [0.5, 0.6) is 5.88 Å². The summed E-state index contributed by atoms with van der Waals surface area (Å²) in [5, 5.41) is 22.6. The second-order valence-electron chi connectivity index (χ2n) is 14.9. The van der Waals surface area contributed by atoms with Crippen molar-refractivity contribution in [3.8, 4) is 28.4 Å². The van der Waals surface area contributed by atoms with Crippen molar-refractivity contribution in [3.63, 3.8) is 0 Å². The van der Waals surface area contributed by atoms with Gasteiger partial charge in [-0.2, -0.15) is 5.21 Å². The summed E-state index contributed by atoms with van der Waals surface area (Å²) >= 11 is 0. The molecule has 0 aliphatic heterocycles. The van der Waals surface area contributed by atoms with Gasteiger partial charge in [0.2, 0.25) is 23.5 Å². The van der Waals surface area contributed by atoms with Gasteiger partial charge in [-0.15, -0.1) is 10.2 Å². The monoisotopic (exact) mass is 743 g/mol. The number of H-pyrrole nitrogens is 1. The second-order valence-corrected chi connectivity index (χ2v) is 14.9. The summed E-state index contributed by atoms with van der Waals surface area (Å²) in [5.74, 6) is -0.378. The number of benzene rings is 2. The maximum Gasteiger partial charge on any atom is 0.407 e. The van der Waals surface area contributed by atoms with Gasteiger partial charge in [-0.1, -0.05) is 12.1 Å². The number of carbonyl (C=O) groups excluding carboxylic acids is 3. The summed E-state index contributed by atoms with van der Waals surface area (Å²) in [5.41, 5.74) is 2.11. The zero-order valence-corrected chi connectivity index (χ0v) is 31.5. The van der Waals surface area contributed by atoms with Gasteiger partial charge in [-0.25, -0.2) is 14.2 Å². The molecule has 288 valence electrons. The average molecular weight is 744 g/mol. The highest BCUT2D eigenvalue weighted by atomic mass is 19.1. The van der Waals surface area contributed by atoms with Gasteiger partial charge < -0.3 is 30.3 Å². The van der Waals surface area contributed by atoms with Crippen LogP contribution in [-0.4, -0.2) is 93.9 Å². The predicted molar refractivity (Wildman–Crippen MR) is 202 cm³/mol. The molecule has 0 bridgehead atoms. The van der Waals surface area contributed by atoms with Gasteiger partial charge in [0.1, 0.15) is 17.5 Å². The molecule has 2 aromatic carbocycles. The summed E-state index contributed by atoms with van der Waals surface area (Å²) < 4.78 is 26.6. The quantitative estimate of drug-likeness (QED) is 0.115. The fraction of sp³-hybridized carbons (Fsp3) is 0.462. The molecule has 0 spiro atoms. The number of hydrogen-bond acceptors (Lipinski definition) is 10. The number of aromatic nitrogens is 5. The Morgan fingerprint density at radius 1 is 1.00 bits per heavy atom. The molecule has 1 aliphatic rings. The molecule has 2 aromatic heterocycles. The number of carbonyl (C=O) groups is 3. The smallest absolute Gasteiger partial charge is 0.407 e. The number of nitrogens with zero attached hydrogens (tertiary/aromatic N) is 5. The fourth-order valence-electron chi connectivity index (χ4n) is 6.22. The molecule has 5 rings (SSSR count). The third kappa shape index (κ3) is 12.0. The van der Waals surface area contributed by atoms with E-state index in [1.54, 1.807) is 54.7 Å². The third-order valence-electron chi connectivity index (χ3n) is 9.06. The van der Waals surface area contributed by atoms with Gasteiger partial charge in [0.25, 0.3) is 0 Å². The van der Waals surface area contributed by atoms with Crippen molar-refractivity contribution in [1.82, 2.24) is 41.1 Å². The lowest BCUT2D eigenvalue weighted by Crippen LogP contribution is -2.48. The molecule has 1 fully saturated rings. The molecule has 1 aliphatic carbocycles. The number of alkyl carbamates (subject to hydrolysis) is 1. The lowest BCUT2D eigenvalue weighted by molar-refractivity contribution is -0.130. The van der Waals surface area contributed by atoms with Gasteiger partial charge in [0.05, 0.1) is 6.61 Å². The second kappa shape index (κ2) is 18.5. The molecule has 1 atom stereocenters. The first-order valence-corrected chi connectivity index (χ1v) is 18.3. The van der Waals surface area contributed by atoms with Crippen LogP contribution in [0.3, 0.4) is 0 Å². The Morgan fingerprint density at radius 2 is 1.74 bits per heavy atom. The Balaban J connectivity index is 1.23. The molecule has 15 heteroatoms. The largest absolute Gasteiger partial charge is 0.478 e. The van der Waals surface area contributed by atoms with Gasteiger partial charge in [-0.05, 0) is 120 Å². The first-order valence-electron chi connectivity index (χ1n) is 18.3. The first kappa shape index (κ1) is 39.8. The molecule has 4 aromatic rings. The van der Waals surface area contributed by atoms with Crippen molar-refractivity contribution in [1.29, 1.82) is 0 Å². The van der Waals surface area contributed by atoms with Gasteiger partial charge in [-0.3, -0.25) is 9.59 Å². The van der Waals surface area contributed by atoms with Crippen LogP contribution in [0.1, 0.15) is 58.4 Å². The standard InChI is InChI=1S/C39H50FN9O5/c1-39(2,3)54-38(52)42-23-25-7-10-28(11-8-25)36(50)44-33(37(51)43-30-15-12-27(13-16-30)35-45-47-48-46-35)22-26-9-17-31(32(40)21-26)29-14-18-34(41-24-29)53-20-6-19-49(4)5/h9,12-18,21,24-25,28,33H,6-8,10-11,19-20,22-23H2,1-5H3,(H,42,52)(H,43,51)(H,44,50)(H,45,46,47,48)/t25?,28?,33-/m0/s1. The molecule has 0 unspecified atom stereocenters. The van der Waals surface area contributed by atoms with E-state index < -0.39 is 29.5 Å². The summed E-state index contributed by atoms with van der Waals surface area (Å²) in [6.45, 7) is 7.32. The lowest BCUT2D eigenvalue weighted by atomic mass is 9.81. The Morgan fingerprint density at radius 3 is 2.37 bits per heavy atom. The number of halogens is 1. The molecule has 54 heavy (non-hydrogen) atoms. The number of nitrogens with one attached hydrogen (secondary N) is 4. The van der Waals surface area contributed by atoms with E-state index in [-0.39, 0.29) is 24.2 Å². The maximum absolute atomic E-state index is 15.6. The van der Waals surface area contributed by atoms with Crippen LogP contribution in [0.2, 0.25) is 0 Å². The molecule has 1 saturated carbocycles. The van der Waals surface area contributed by atoms with Gasteiger partial charge >= 0.3 is 6.09 Å². The van der Waals surface area contributed by atoms with Crippen LogP contribution < -0.4 is 20.7 Å². The van der Waals surface area contributed by atoms with Crippen LogP contribution >= 0.6 is 0 Å². The third-order valence-corrected chi connectivity index (χ3v) is 9.06. The highest BCUT2D eigenvalue weighted by Gasteiger charge is 2.30. The van der Waals surface area contributed by atoms with Gasteiger partial charge in [0, 0.05) is 60.1 Å². The van der Waals surface area contributed by atoms with E-state index in [0.29, 0.717) is 65.6 Å². The number of tetrazole rings is 1. The number of pyridine rings is 1. The topological polar surface area (TPSA) is 176 Å². The number of ether oxygens (including phenoxy) is 2. The van der Waals surface area contributed by atoms with Crippen molar-refractivity contribution >= 4 is 23.6 Å². The van der Waals surface area contributed by atoms with E-state index in [9.17, 15) is 14.4 Å². The molecule has 4 N–H and O–H groups in total. The normalized spacial score (nSPS) is 16.4. The van der Waals surface area contributed by atoms with Crippen molar-refractivity contribution in [3.05, 3.63) is 72.2 Å². The lowest BCUT2D eigenvalue weighted by Gasteiger charge is -2.29. The minimum Gasteiger partial charge on any atom is -0.478 e. The van der Waals surface area contributed by atoms with E-state index in [2.05, 4.69) is 46.5 Å². The Hall–Kier alpha value is -5.44. The molecule has 2 heterocycles. The maximum atomic E-state index is 15.6. The fourth-order valence-corrected chi connectivity index (χ4v) is 6.22. The van der Waals surface area contributed by atoms with Crippen molar-refractivity contribution in [2.24, 2.45) is 11.8 Å². The van der Waals surface area contributed by atoms with Crippen molar-refractivity contribution < 1.29 is 28.2 Å². The zero-order valence-electron chi connectivity index (χ0n) is 31.5. The minimum absolute atomic E-state index is 0.0584. The van der Waals surface area contributed by atoms with Crippen molar-refractivity contribution in [2.45, 2.75) is 70.9 Å². The van der Waals surface area contributed by atoms with E-state index in [4.69, 9.17) is 9.47 Å². The van der Waals surface area contributed by atoms with Crippen LogP contribution in [0.15, 0.2) is 60.8 Å². The number of rotatable bonds is 15. The highest BCUT2D eigenvalue weighted by molar-refractivity contribution is 5.97. The molecular formula is C39H50FN9O5. The molecule has 0 saturated heterocycles. The van der Waals surface area contributed by atoms with E-state index in [1.807, 2.05) is 34.9 Å². The van der Waals surface area contributed by atoms with E-state index >= 15 is 4.39 Å². The summed E-state index contributed by atoms with van der Waals surface area (Å²) in [6.07, 6.45) is 4.72. The predicted octanol–water partition coefficient (Wildman–Crippen LogP) is 5.40. The Labute approximate surface area is 315 Å². The number of hydrogen-bond donors (Lipinski definition) is 4. The molecule has 0 radical (unpaired) electrons. The van der Waals surface area contributed by atoms with Gasteiger partial charge in [0.15, 0.2) is 0 Å². The minimum atomic E-state index is -0.989. The molecule has 3 amide bonds. The first-order chi connectivity index (χ1) is 25.8. The Bertz CT molecular complexity index is 1820.